The fourth-order valence-electron chi connectivity index (χ4n) is 1.27. The fraction of sp³-hybridized carbons (Fsp3) is 0. The highest BCUT2D eigenvalue weighted by Gasteiger charge is 2.24. The van der Waals surface area contributed by atoms with Gasteiger partial charge < -0.3 is 4.74 Å². The maximum Gasteiger partial charge on any atom is 0.344 e. The van der Waals surface area contributed by atoms with Gasteiger partial charge in [0.15, 0.2) is 0 Å². The molecule has 4 heteroatoms. The Morgan fingerprint density at radius 3 is 2.85 bits per heavy atom. The molecule has 66 valence electrons. The second-order valence-electron chi connectivity index (χ2n) is 2.72. The lowest BCUT2D eigenvalue weighted by atomic mass is 10.1. The normalized spacial score (nSPS) is 15.2. The standard InChI is InChI=1S/C9H8O2P2/c1-5-7-3-2-6(13-12)4-8(7)9(10)11-5/h2-4,13H,1,12H2. The molecule has 0 fully saturated rings. The van der Waals surface area contributed by atoms with E-state index in [1.807, 2.05) is 18.2 Å². The molecular weight excluding hydrogens is 202 g/mol. The van der Waals surface area contributed by atoms with Crippen LogP contribution in [-0.2, 0) is 4.74 Å². The van der Waals surface area contributed by atoms with Crippen molar-refractivity contribution in [3.8, 4) is 0 Å². The number of benzene rings is 1. The number of esters is 1. The van der Waals surface area contributed by atoms with Gasteiger partial charge in [-0.1, -0.05) is 20.9 Å². The lowest BCUT2D eigenvalue weighted by Gasteiger charge is -1.97. The molecule has 1 aromatic rings. The number of ether oxygens (including phenoxy) is 1. The third kappa shape index (κ3) is 1.41. The zero-order chi connectivity index (χ0) is 9.42. The average Bonchev–Trinajstić information content (AvgIpc) is 2.42. The van der Waals surface area contributed by atoms with Crippen LogP contribution in [0.1, 0.15) is 15.9 Å². The minimum Gasteiger partial charge on any atom is -0.423 e. The van der Waals surface area contributed by atoms with Crippen LogP contribution in [0.2, 0.25) is 0 Å². The van der Waals surface area contributed by atoms with Crippen molar-refractivity contribution in [1.29, 1.82) is 0 Å². The summed E-state index contributed by atoms with van der Waals surface area (Å²) in [6.45, 7) is 3.66. The molecule has 0 radical (unpaired) electrons. The molecule has 0 saturated heterocycles. The van der Waals surface area contributed by atoms with E-state index in [9.17, 15) is 4.79 Å². The molecule has 2 nitrogen and oxygen atoms in total. The maximum absolute atomic E-state index is 11.3. The smallest absolute Gasteiger partial charge is 0.344 e. The highest BCUT2D eigenvalue weighted by Crippen LogP contribution is 2.29. The predicted molar refractivity (Wildman–Crippen MR) is 58.6 cm³/mol. The molecule has 1 aromatic carbocycles. The van der Waals surface area contributed by atoms with E-state index in [4.69, 9.17) is 4.74 Å². The Balaban J connectivity index is 2.58. The summed E-state index contributed by atoms with van der Waals surface area (Å²) in [7, 11) is 3.26. The van der Waals surface area contributed by atoms with Gasteiger partial charge in [0, 0.05) is 5.56 Å². The van der Waals surface area contributed by atoms with Gasteiger partial charge in [-0.2, -0.15) is 0 Å². The van der Waals surface area contributed by atoms with Crippen molar-refractivity contribution >= 4 is 34.2 Å². The number of fused-ring (bicyclic) bond motifs is 1. The van der Waals surface area contributed by atoms with Gasteiger partial charge in [0.05, 0.1) is 5.56 Å². The largest absolute Gasteiger partial charge is 0.423 e. The van der Waals surface area contributed by atoms with Crippen molar-refractivity contribution in [1.82, 2.24) is 0 Å². The van der Waals surface area contributed by atoms with Crippen LogP contribution in [0.4, 0.5) is 0 Å². The van der Waals surface area contributed by atoms with Gasteiger partial charge in [-0.15, -0.1) is 8.93 Å². The fourth-order valence-corrected chi connectivity index (χ4v) is 2.21. The number of cyclic esters (lactones) is 1. The Hall–Kier alpha value is -0.710. The summed E-state index contributed by atoms with van der Waals surface area (Å²) in [5.74, 6) is 0.170. The van der Waals surface area contributed by atoms with E-state index < -0.39 is 0 Å². The molecule has 0 bridgehead atoms. The summed E-state index contributed by atoms with van der Waals surface area (Å²) in [5, 5.41) is 1.13. The first-order valence-electron chi connectivity index (χ1n) is 3.74. The molecule has 0 N–H and O–H groups in total. The Labute approximate surface area is 80.2 Å². The summed E-state index contributed by atoms with van der Waals surface area (Å²) < 4.78 is 4.89. The first-order chi connectivity index (χ1) is 6.22. The molecular formula is C9H8O2P2. The number of hydrogen-bond acceptors (Lipinski definition) is 2. The zero-order valence-electron chi connectivity index (χ0n) is 6.83. The minimum atomic E-state index is -0.287. The number of carbonyl (C=O) groups excluding carboxylic acids is 1. The van der Waals surface area contributed by atoms with Crippen LogP contribution < -0.4 is 5.30 Å². The molecule has 1 aliphatic rings. The quantitative estimate of drug-likeness (QED) is 0.522. The Morgan fingerprint density at radius 1 is 1.38 bits per heavy atom. The summed E-state index contributed by atoms with van der Waals surface area (Å²) >= 11 is 0. The van der Waals surface area contributed by atoms with E-state index >= 15 is 0 Å². The van der Waals surface area contributed by atoms with E-state index in [1.54, 1.807) is 0 Å². The Bertz CT molecular complexity index is 399. The predicted octanol–water partition coefficient (Wildman–Crippen LogP) is 1.92. The van der Waals surface area contributed by atoms with Crippen molar-refractivity contribution in [2.75, 3.05) is 0 Å². The molecule has 2 atom stereocenters. The third-order valence-electron chi connectivity index (χ3n) is 1.92. The SMILES string of the molecule is C=C1OC(=O)c2cc(PP)ccc21. The van der Waals surface area contributed by atoms with Crippen molar-refractivity contribution in [3.63, 3.8) is 0 Å². The van der Waals surface area contributed by atoms with Crippen LogP contribution in [0.25, 0.3) is 5.76 Å². The highest BCUT2D eigenvalue weighted by atomic mass is 32.0. The summed E-state index contributed by atoms with van der Waals surface area (Å²) in [6.07, 6.45) is 0. The minimum absolute atomic E-state index is 0.287. The van der Waals surface area contributed by atoms with Crippen molar-refractivity contribution in [2.24, 2.45) is 0 Å². The van der Waals surface area contributed by atoms with Gasteiger partial charge in [-0.3, -0.25) is 0 Å². The van der Waals surface area contributed by atoms with Gasteiger partial charge in [0.2, 0.25) is 0 Å². The van der Waals surface area contributed by atoms with Gasteiger partial charge in [-0.25, -0.2) is 4.79 Å². The van der Waals surface area contributed by atoms with Crippen LogP contribution in [0.5, 0.6) is 0 Å². The zero-order valence-corrected chi connectivity index (χ0v) is 8.99. The molecule has 0 aliphatic carbocycles. The molecule has 1 heterocycles. The van der Waals surface area contributed by atoms with Crippen molar-refractivity contribution in [2.45, 2.75) is 0 Å². The first-order valence-corrected chi connectivity index (χ1v) is 6.55. The van der Waals surface area contributed by atoms with Crippen molar-refractivity contribution in [3.05, 3.63) is 35.9 Å². The van der Waals surface area contributed by atoms with E-state index in [0.29, 0.717) is 19.6 Å². The van der Waals surface area contributed by atoms with Gasteiger partial charge in [0.1, 0.15) is 5.76 Å². The number of hydrogen-bond donors (Lipinski definition) is 0. The Kier molecular flexibility index (Phi) is 2.19. The van der Waals surface area contributed by atoms with E-state index in [0.717, 1.165) is 10.9 Å². The van der Waals surface area contributed by atoms with Crippen LogP contribution in [0.15, 0.2) is 24.8 Å². The summed E-state index contributed by atoms with van der Waals surface area (Å²) in [6, 6.07) is 5.73. The molecule has 1 aliphatic heterocycles. The third-order valence-corrected chi connectivity index (χ3v) is 3.57. The molecule has 0 spiro atoms. The molecule has 0 saturated carbocycles. The van der Waals surface area contributed by atoms with E-state index in [-0.39, 0.29) is 5.97 Å². The molecule has 0 amide bonds. The average molecular weight is 210 g/mol. The first kappa shape index (κ1) is 8.87. The van der Waals surface area contributed by atoms with Gasteiger partial charge >= 0.3 is 5.97 Å². The lowest BCUT2D eigenvalue weighted by molar-refractivity contribution is 0.0716. The molecule has 13 heavy (non-hydrogen) atoms. The van der Waals surface area contributed by atoms with Gasteiger partial charge in [0.25, 0.3) is 0 Å². The highest BCUT2D eigenvalue weighted by molar-refractivity contribution is 8.06. The number of carbonyl (C=O) groups is 1. The Morgan fingerprint density at radius 2 is 2.15 bits per heavy atom. The summed E-state index contributed by atoms with van der Waals surface area (Å²) in [5.41, 5.74) is 1.45. The van der Waals surface area contributed by atoms with E-state index in [2.05, 4.69) is 15.5 Å². The second kappa shape index (κ2) is 3.21. The molecule has 0 aromatic heterocycles. The van der Waals surface area contributed by atoms with Crippen LogP contribution >= 0.6 is 17.2 Å². The van der Waals surface area contributed by atoms with E-state index in [1.165, 1.54) is 0 Å². The topological polar surface area (TPSA) is 26.3 Å². The van der Waals surface area contributed by atoms with Crippen LogP contribution in [-0.4, -0.2) is 5.97 Å². The lowest BCUT2D eigenvalue weighted by Crippen LogP contribution is -1.99. The number of rotatable bonds is 1. The second-order valence-corrected chi connectivity index (χ2v) is 4.45. The monoisotopic (exact) mass is 210 g/mol. The molecule has 2 unspecified atom stereocenters. The molecule has 2 rings (SSSR count). The van der Waals surface area contributed by atoms with Crippen LogP contribution in [0.3, 0.4) is 0 Å². The van der Waals surface area contributed by atoms with Crippen molar-refractivity contribution < 1.29 is 9.53 Å². The maximum atomic E-state index is 11.3. The van der Waals surface area contributed by atoms with Crippen LogP contribution in [0, 0.1) is 0 Å². The summed E-state index contributed by atoms with van der Waals surface area (Å²) in [4.78, 5) is 11.3. The van der Waals surface area contributed by atoms with Gasteiger partial charge in [-0.05, 0) is 17.4 Å².